The first-order valence-electron chi connectivity index (χ1n) is 7.42. The summed E-state index contributed by atoms with van der Waals surface area (Å²) in [7, 11) is 0. The Labute approximate surface area is 132 Å². The third-order valence-corrected chi connectivity index (χ3v) is 5.01. The highest BCUT2D eigenvalue weighted by atomic mass is 32.1. The van der Waals surface area contributed by atoms with Gasteiger partial charge in [0.15, 0.2) is 5.79 Å². The molecular formula is C15H19NO5S. The molecule has 1 aromatic heterocycles. The Morgan fingerprint density at radius 3 is 2.73 bits per heavy atom. The van der Waals surface area contributed by atoms with Gasteiger partial charge in [0.05, 0.1) is 25.4 Å². The number of hydrogen-bond donors (Lipinski definition) is 1. The van der Waals surface area contributed by atoms with Gasteiger partial charge in [0.1, 0.15) is 5.00 Å². The van der Waals surface area contributed by atoms with E-state index in [-0.39, 0.29) is 11.9 Å². The molecule has 1 aromatic rings. The largest absolute Gasteiger partial charge is 0.462 e. The standard InChI is InChI=1S/C15H19NO5S/c1-3-19-14(18)12-10-4-5-15(20-6-7-21-15)8-11(10)22-13(12)16-9(2)17/h3-8H2,1-2H3,(H,16,17). The van der Waals surface area contributed by atoms with E-state index in [2.05, 4.69) is 5.32 Å². The highest BCUT2D eigenvalue weighted by molar-refractivity contribution is 7.17. The predicted molar refractivity (Wildman–Crippen MR) is 81.2 cm³/mol. The van der Waals surface area contributed by atoms with Crippen LogP contribution in [-0.4, -0.2) is 37.5 Å². The number of fused-ring (bicyclic) bond motifs is 1. The molecule has 0 atom stereocenters. The van der Waals surface area contributed by atoms with E-state index in [0.29, 0.717) is 49.6 Å². The maximum atomic E-state index is 12.3. The van der Waals surface area contributed by atoms with Gasteiger partial charge in [0, 0.05) is 24.6 Å². The van der Waals surface area contributed by atoms with Crippen molar-refractivity contribution in [2.24, 2.45) is 0 Å². The zero-order valence-electron chi connectivity index (χ0n) is 12.7. The second kappa shape index (κ2) is 5.98. The summed E-state index contributed by atoms with van der Waals surface area (Å²) in [6.07, 6.45) is 2.00. The number of carbonyl (C=O) groups excluding carboxylic acids is 2. The van der Waals surface area contributed by atoms with Crippen molar-refractivity contribution in [3.8, 4) is 0 Å². The molecule has 1 aliphatic heterocycles. The summed E-state index contributed by atoms with van der Waals surface area (Å²) in [6.45, 7) is 4.70. The first-order valence-corrected chi connectivity index (χ1v) is 8.23. The molecule has 1 aliphatic carbocycles. The third kappa shape index (κ3) is 2.76. The van der Waals surface area contributed by atoms with Crippen LogP contribution in [0.15, 0.2) is 0 Å². The number of rotatable bonds is 3. The Bertz CT molecular complexity index is 603. The van der Waals surface area contributed by atoms with Crippen molar-refractivity contribution < 1.29 is 23.8 Å². The van der Waals surface area contributed by atoms with Crippen LogP contribution in [0.4, 0.5) is 5.00 Å². The van der Waals surface area contributed by atoms with Gasteiger partial charge < -0.3 is 19.5 Å². The van der Waals surface area contributed by atoms with Gasteiger partial charge in [-0.15, -0.1) is 11.3 Å². The van der Waals surface area contributed by atoms with Crippen LogP contribution < -0.4 is 5.32 Å². The molecule has 3 rings (SSSR count). The van der Waals surface area contributed by atoms with E-state index < -0.39 is 5.79 Å². The molecule has 1 spiro atoms. The lowest BCUT2D eigenvalue weighted by Crippen LogP contribution is -2.36. The fourth-order valence-corrected chi connectivity index (χ4v) is 4.35. The Kier molecular flexibility index (Phi) is 4.20. The molecule has 22 heavy (non-hydrogen) atoms. The number of nitrogens with one attached hydrogen (secondary N) is 1. The maximum Gasteiger partial charge on any atom is 0.341 e. The van der Waals surface area contributed by atoms with Crippen molar-refractivity contribution in [3.05, 3.63) is 16.0 Å². The summed E-state index contributed by atoms with van der Waals surface area (Å²) in [4.78, 5) is 24.7. The molecule has 0 bridgehead atoms. The fraction of sp³-hybridized carbons (Fsp3) is 0.600. The van der Waals surface area contributed by atoms with E-state index in [0.717, 1.165) is 10.4 Å². The normalized spacial score (nSPS) is 19.0. The van der Waals surface area contributed by atoms with E-state index >= 15 is 0 Å². The highest BCUT2D eigenvalue weighted by Gasteiger charge is 2.42. The van der Waals surface area contributed by atoms with Crippen molar-refractivity contribution >= 4 is 28.2 Å². The Morgan fingerprint density at radius 2 is 2.09 bits per heavy atom. The molecule has 6 nitrogen and oxygen atoms in total. The predicted octanol–water partition coefficient (Wildman–Crippen LogP) is 2.12. The second-order valence-electron chi connectivity index (χ2n) is 5.39. The summed E-state index contributed by atoms with van der Waals surface area (Å²) < 4.78 is 16.7. The van der Waals surface area contributed by atoms with E-state index in [9.17, 15) is 9.59 Å². The quantitative estimate of drug-likeness (QED) is 0.862. The zero-order valence-corrected chi connectivity index (χ0v) is 13.5. The van der Waals surface area contributed by atoms with E-state index in [4.69, 9.17) is 14.2 Å². The fourth-order valence-electron chi connectivity index (χ4n) is 2.98. The molecule has 0 radical (unpaired) electrons. The summed E-state index contributed by atoms with van der Waals surface area (Å²) in [5, 5.41) is 3.31. The van der Waals surface area contributed by atoms with E-state index in [1.165, 1.54) is 18.3 Å². The molecular weight excluding hydrogens is 306 g/mol. The van der Waals surface area contributed by atoms with Crippen LogP contribution in [0.1, 0.15) is 41.1 Å². The van der Waals surface area contributed by atoms with Crippen molar-refractivity contribution in [3.63, 3.8) is 0 Å². The number of anilines is 1. The van der Waals surface area contributed by atoms with Crippen molar-refractivity contribution in [2.45, 2.75) is 38.9 Å². The molecule has 120 valence electrons. The average Bonchev–Trinajstić information content (AvgIpc) is 3.03. The lowest BCUT2D eigenvalue weighted by molar-refractivity contribution is -0.163. The van der Waals surface area contributed by atoms with Crippen molar-refractivity contribution in [1.82, 2.24) is 0 Å². The maximum absolute atomic E-state index is 12.3. The van der Waals surface area contributed by atoms with Gasteiger partial charge in [-0.1, -0.05) is 0 Å². The van der Waals surface area contributed by atoms with Crippen molar-refractivity contribution in [1.29, 1.82) is 0 Å². The van der Waals surface area contributed by atoms with Gasteiger partial charge in [0.2, 0.25) is 5.91 Å². The number of carbonyl (C=O) groups is 2. The molecule has 1 amide bonds. The number of thiophene rings is 1. The number of esters is 1. The lowest BCUT2D eigenvalue weighted by atomic mass is 9.91. The van der Waals surface area contributed by atoms with Gasteiger partial charge in [-0.25, -0.2) is 4.79 Å². The van der Waals surface area contributed by atoms with Crippen LogP contribution in [-0.2, 0) is 31.8 Å². The summed E-state index contributed by atoms with van der Waals surface area (Å²) >= 11 is 1.41. The Morgan fingerprint density at radius 1 is 1.36 bits per heavy atom. The molecule has 1 N–H and O–H groups in total. The molecule has 0 unspecified atom stereocenters. The van der Waals surface area contributed by atoms with Gasteiger partial charge in [-0.2, -0.15) is 0 Å². The van der Waals surface area contributed by atoms with Crippen LogP contribution in [0.3, 0.4) is 0 Å². The molecule has 0 aromatic carbocycles. The average molecular weight is 325 g/mol. The molecule has 0 saturated carbocycles. The molecule has 1 fully saturated rings. The SMILES string of the molecule is CCOC(=O)c1c(NC(C)=O)sc2c1CCC1(C2)OCCO1. The number of ether oxygens (including phenoxy) is 3. The minimum atomic E-state index is -0.558. The third-order valence-electron chi connectivity index (χ3n) is 3.86. The van der Waals surface area contributed by atoms with Crippen LogP contribution in [0.2, 0.25) is 0 Å². The summed E-state index contributed by atoms with van der Waals surface area (Å²) in [5.41, 5.74) is 1.45. The van der Waals surface area contributed by atoms with Crippen molar-refractivity contribution in [2.75, 3.05) is 25.1 Å². The number of hydrogen-bond acceptors (Lipinski definition) is 6. The summed E-state index contributed by atoms with van der Waals surface area (Å²) in [5.74, 6) is -1.14. The van der Waals surface area contributed by atoms with Gasteiger partial charge in [0.25, 0.3) is 0 Å². The highest BCUT2D eigenvalue weighted by Crippen LogP contribution is 2.43. The van der Waals surface area contributed by atoms with Gasteiger partial charge in [-0.05, 0) is 18.9 Å². The monoisotopic (exact) mass is 325 g/mol. The van der Waals surface area contributed by atoms with Crippen LogP contribution in [0.25, 0.3) is 0 Å². The first kappa shape index (κ1) is 15.5. The smallest absolute Gasteiger partial charge is 0.341 e. The van der Waals surface area contributed by atoms with E-state index in [1.54, 1.807) is 6.92 Å². The Hall–Kier alpha value is -1.44. The Balaban J connectivity index is 1.96. The molecule has 1 saturated heterocycles. The van der Waals surface area contributed by atoms with E-state index in [1.807, 2.05) is 0 Å². The van der Waals surface area contributed by atoms with Crippen LogP contribution in [0, 0.1) is 0 Å². The second-order valence-corrected chi connectivity index (χ2v) is 6.50. The number of amides is 1. The molecule has 7 heteroatoms. The lowest BCUT2D eigenvalue weighted by Gasteiger charge is -2.31. The molecule has 2 heterocycles. The first-order chi connectivity index (χ1) is 10.5. The van der Waals surface area contributed by atoms with Crippen LogP contribution >= 0.6 is 11.3 Å². The minimum absolute atomic E-state index is 0.202. The minimum Gasteiger partial charge on any atom is -0.462 e. The van der Waals surface area contributed by atoms with Gasteiger partial charge >= 0.3 is 5.97 Å². The van der Waals surface area contributed by atoms with Gasteiger partial charge in [-0.3, -0.25) is 4.79 Å². The summed E-state index contributed by atoms with van der Waals surface area (Å²) in [6, 6.07) is 0. The van der Waals surface area contributed by atoms with Crippen LogP contribution in [0.5, 0.6) is 0 Å². The molecule has 2 aliphatic rings. The zero-order chi connectivity index (χ0) is 15.7. The topological polar surface area (TPSA) is 73.9 Å².